The average molecular weight is 486 g/mol. The first-order chi connectivity index (χ1) is 16.8. The Balaban J connectivity index is -0.000000104. The normalized spacial score (nSPS) is 7.91. The van der Waals surface area contributed by atoms with Gasteiger partial charge < -0.3 is 0 Å². The van der Waals surface area contributed by atoms with Gasteiger partial charge >= 0.3 is 0 Å². The molecule has 0 saturated carbocycles. The summed E-state index contributed by atoms with van der Waals surface area (Å²) in [6, 6.07) is 18.0. The summed E-state index contributed by atoms with van der Waals surface area (Å²) in [7, 11) is 0. The molecule has 1 aromatic carbocycles. The summed E-state index contributed by atoms with van der Waals surface area (Å²) in [5.41, 5.74) is 1.41. The third kappa shape index (κ3) is 59.3. The lowest BCUT2D eigenvalue weighted by Gasteiger charge is -2.01. The predicted octanol–water partition coefficient (Wildman–Crippen LogP) is 10.8. The van der Waals surface area contributed by atoms with Gasteiger partial charge in [0.15, 0.2) is 0 Å². The van der Waals surface area contributed by atoms with E-state index in [1.165, 1.54) is 11.9 Å². The second-order valence-electron chi connectivity index (χ2n) is 7.96. The van der Waals surface area contributed by atoms with Gasteiger partial charge in [-0.05, 0) is 41.5 Å². The van der Waals surface area contributed by atoms with Crippen LogP contribution in [0.1, 0.15) is 108 Å². The van der Waals surface area contributed by atoms with Gasteiger partial charge in [-0.25, -0.2) is 9.97 Å². The van der Waals surface area contributed by atoms with E-state index in [9.17, 15) is 0 Å². The molecule has 0 aliphatic heterocycles. The molecule has 0 N–H and O–H groups in total. The molecule has 0 fully saturated rings. The number of rotatable bonds is 1. The van der Waals surface area contributed by atoms with Crippen molar-refractivity contribution in [2.45, 2.75) is 103 Å². The van der Waals surface area contributed by atoms with E-state index in [2.05, 4.69) is 94.6 Å². The van der Waals surface area contributed by atoms with E-state index in [-0.39, 0.29) is 0 Å². The molecule has 0 radical (unpaired) electrons. The standard InChI is InChI=1S/C9H12.C5H5N.C4H4N2.2C4H10.3C2H6/c1-8(2)9-6-4-3-5-7-9;1-2-4-6-5-3-1;1-2-5-4-6-3-1;2*1-4(2)3;3*1-2/h3-8H,1-2H3;1-5H;1-4H;2*4H,1-3H3;3*1-2H3. The zero-order chi connectivity index (χ0) is 28.3. The smallest absolute Gasteiger partial charge is 0.115 e. The number of hydrogen-bond donors (Lipinski definition) is 0. The Morgan fingerprint density at radius 2 is 0.743 bits per heavy atom. The summed E-state index contributed by atoms with van der Waals surface area (Å²) in [4.78, 5) is 11.1. The van der Waals surface area contributed by atoms with Crippen molar-refractivity contribution >= 4 is 0 Å². The van der Waals surface area contributed by atoms with Gasteiger partial charge in [0.25, 0.3) is 0 Å². The molecule has 0 unspecified atom stereocenters. The van der Waals surface area contributed by atoms with Crippen LogP contribution in [0.5, 0.6) is 0 Å². The molecule has 0 amide bonds. The zero-order valence-electron chi connectivity index (χ0n) is 25.7. The van der Waals surface area contributed by atoms with Crippen molar-refractivity contribution in [3.05, 3.63) is 91.3 Å². The summed E-state index contributed by atoms with van der Waals surface area (Å²) >= 11 is 0. The van der Waals surface area contributed by atoms with Crippen molar-refractivity contribution in [3.8, 4) is 0 Å². The van der Waals surface area contributed by atoms with Gasteiger partial charge in [0.1, 0.15) is 6.33 Å². The molecular formula is C32H59N3. The van der Waals surface area contributed by atoms with E-state index in [4.69, 9.17) is 0 Å². The maximum absolute atomic E-state index is 3.78. The molecule has 3 aromatic rings. The van der Waals surface area contributed by atoms with Crippen molar-refractivity contribution in [1.82, 2.24) is 15.0 Å². The minimum atomic E-state index is 0.659. The fourth-order valence-electron chi connectivity index (χ4n) is 1.40. The minimum Gasteiger partial charge on any atom is -0.265 e. The Morgan fingerprint density at radius 3 is 0.886 bits per heavy atom. The molecule has 0 bridgehead atoms. The predicted molar refractivity (Wildman–Crippen MR) is 162 cm³/mol. The molecule has 3 rings (SSSR count). The second-order valence-corrected chi connectivity index (χ2v) is 7.96. The number of benzene rings is 1. The Morgan fingerprint density at radius 1 is 0.429 bits per heavy atom. The van der Waals surface area contributed by atoms with E-state index in [1.807, 2.05) is 65.8 Å². The summed E-state index contributed by atoms with van der Waals surface area (Å²) in [6.07, 6.45) is 8.38. The fraction of sp³-hybridized carbons (Fsp3) is 0.531. The lowest BCUT2D eigenvalue weighted by atomic mass is 10.0. The monoisotopic (exact) mass is 485 g/mol. The summed E-state index contributed by atoms with van der Waals surface area (Å²) in [6.45, 7) is 29.4. The van der Waals surface area contributed by atoms with Crippen molar-refractivity contribution in [2.24, 2.45) is 11.8 Å². The summed E-state index contributed by atoms with van der Waals surface area (Å²) in [5, 5.41) is 0. The highest BCUT2D eigenvalue weighted by molar-refractivity contribution is 5.17. The first-order valence-corrected chi connectivity index (χ1v) is 13.4. The third-order valence-electron chi connectivity index (χ3n) is 2.51. The molecule has 0 spiro atoms. The van der Waals surface area contributed by atoms with Gasteiger partial charge in [-0.3, -0.25) is 4.98 Å². The van der Waals surface area contributed by atoms with Crippen molar-refractivity contribution in [2.75, 3.05) is 0 Å². The molecule has 0 atom stereocenters. The Labute approximate surface area is 220 Å². The summed E-state index contributed by atoms with van der Waals surface area (Å²) < 4.78 is 0. The van der Waals surface area contributed by atoms with E-state index in [0.29, 0.717) is 5.92 Å². The van der Waals surface area contributed by atoms with Crippen LogP contribution in [0.3, 0.4) is 0 Å². The minimum absolute atomic E-state index is 0.659. The highest BCUT2D eigenvalue weighted by Crippen LogP contribution is 2.11. The average Bonchev–Trinajstić information content (AvgIpc) is 2.90. The van der Waals surface area contributed by atoms with E-state index in [1.54, 1.807) is 30.9 Å². The lowest BCUT2D eigenvalue weighted by molar-refractivity contribution is 0.736. The van der Waals surface area contributed by atoms with E-state index in [0.717, 1.165) is 11.8 Å². The highest BCUT2D eigenvalue weighted by Gasteiger charge is 1.93. The maximum Gasteiger partial charge on any atom is 0.115 e. The molecule has 35 heavy (non-hydrogen) atoms. The van der Waals surface area contributed by atoms with Crippen LogP contribution in [0.2, 0.25) is 0 Å². The Bertz CT molecular complexity index is 528. The van der Waals surface area contributed by atoms with Crippen molar-refractivity contribution < 1.29 is 0 Å². The maximum atomic E-state index is 3.78. The number of aromatic nitrogens is 3. The number of hydrogen-bond acceptors (Lipinski definition) is 3. The van der Waals surface area contributed by atoms with Gasteiger partial charge in [0.05, 0.1) is 0 Å². The lowest BCUT2D eigenvalue weighted by Crippen LogP contribution is -1.83. The van der Waals surface area contributed by atoms with Gasteiger partial charge in [-0.15, -0.1) is 0 Å². The third-order valence-corrected chi connectivity index (χ3v) is 2.51. The molecule has 0 aliphatic carbocycles. The van der Waals surface area contributed by atoms with Crippen LogP contribution in [-0.2, 0) is 0 Å². The van der Waals surface area contributed by atoms with Crippen LogP contribution in [0.4, 0.5) is 0 Å². The zero-order valence-corrected chi connectivity index (χ0v) is 25.7. The topological polar surface area (TPSA) is 38.7 Å². The van der Waals surface area contributed by atoms with Crippen LogP contribution in [-0.4, -0.2) is 15.0 Å². The van der Waals surface area contributed by atoms with Crippen molar-refractivity contribution in [3.63, 3.8) is 0 Å². The highest BCUT2D eigenvalue weighted by atomic mass is 14.8. The molecule has 0 aliphatic rings. The van der Waals surface area contributed by atoms with E-state index < -0.39 is 0 Å². The van der Waals surface area contributed by atoms with Crippen molar-refractivity contribution in [1.29, 1.82) is 0 Å². The van der Waals surface area contributed by atoms with E-state index >= 15 is 0 Å². The Kier molecular flexibility index (Phi) is 50.7. The second kappa shape index (κ2) is 41.7. The fourth-order valence-corrected chi connectivity index (χ4v) is 1.40. The van der Waals surface area contributed by atoms with Crippen LogP contribution < -0.4 is 0 Å². The van der Waals surface area contributed by atoms with Gasteiger partial charge in [-0.2, -0.15) is 0 Å². The Hall–Kier alpha value is -2.55. The van der Waals surface area contributed by atoms with Gasteiger partial charge in [0, 0.05) is 24.8 Å². The van der Waals surface area contributed by atoms with Crippen LogP contribution in [0.15, 0.2) is 85.7 Å². The van der Waals surface area contributed by atoms with Crippen LogP contribution >= 0.6 is 0 Å². The largest absolute Gasteiger partial charge is 0.265 e. The molecule has 2 aromatic heterocycles. The summed E-state index contributed by atoms with van der Waals surface area (Å²) in [5.74, 6) is 2.33. The SMILES string of the molecule is CC.CC.CC.CC(C)C.CC(C)C.CC(C)c1ccccc1.c1ccncc1.c1cncnc1. The first-order valence-electron chi connectivity index (χ1n) is 13.4. The van der Waals surface area contributed by atoms with Crippen LogP contribution in [0.25, 0.3) is 0 Å². The van der Waals surface area contributed by atoms with Gasteiger partial charge in [0.2, 0.25) is 0 Å². The molecule has 202 valence electrons. The van der Waals surface area contributed by atoms with Crippen LogP contribution in [0, 0.1) is 11.8 Å². The number of pyridine rings is 1. The molecule has 3 heteroatoms. The molecule has 2 heterocycles. The number of nitrogens with zero attached hydrogens (tertiary/aromatic N) is 3. The first kappa shape index (κ1) is 42.6. The molecular weight excluding hydrogens is 426 g/mol. The molecule has 3 nitrogen and oxygen atoms in total. The molecule has 0 saturated heterocycles. The quantitative estimate of drug-likeness (QED) is 0.344. The van der Waals surface area contributed by atoms with Gasteiger partial charge in [-0.1, -0.05) is 133 Å².